The third kappa shape index (κ3) is 3.85. The minimum Gasteiger partial charge on any atom is -0.384 e. The van der Waals surface area contributed by atoms with Gasteiger partial charge >= 0.3 is 0 Å². The lowest BCUT2D eigenvalue weighted by molar-refractivity contribution is 0.350. The van der Waals surface area contributed by atoms with E-state index < -0.39 is 10.0 Å². The first-order valence-corrected chi connectivity index (χ1v) is 8.65. The number of sulfonamides is 1. The molecule has 2 atom stereocenters. The molecule has 4 nitrogen and oxygen atoms in total. The van der Waals surface area contributed by atoms with Crippen LogP contribution in [0.1, 0.15) is 37.3 Å². The third-order valence-corrected chi connectivity index (χ3v) is 5.59. The molecule has 1 saturated carbocycles. The smallest absolute Gasteiger partial charge is 0.241 e. The van der Waals surface area contributed by atoms with Crippen LogP contribution in [0.25, 0.3) is 0 Å². The van der Waals surface area contributed by atoms with Gasteiger partial charge in [0.15, 0.2) is 0 Å². The van der Waals surface area contributed by atoms with Crippen molar-refractivity contribution in [2.75, 3.05) is 6.61 Å². The topological polar surface area (TPSA) is 66.4 Å². The van der Waals surface area contributed by atoms with Crippen LogP contribution in [0.3, 0.4) is 0 Å². The van der Waals surface area contributed by atoms with E-state index in [-0.39, 0.29) is 17.5 Å². The second kappa shape index (κ2) is 6.61. The lowest BCUT2D eigenvalue weighted by Crippen LogP contribution is -2.36. The van der Waals surface area contributed by atoms with Crippen molar-refractivity contribution < 1.29 is 13.5 Å². The van der Waals surface area contributed by atoms with Crippen LogP contribution in [0.2, 0.25) is 0 Å². The van der Waals surface area contributed by atoms with E-state index in [1.807, 2.05) is 0 Å². The highest BCUT2D eigenvalue weighted by Crippen LogP contribution is 2.27. The summed E-state index contributed by atoms with van der Waals surface area (Å²) in [6.45, 7) is 3.61. The predicted molar refractivity (Wildman–Crippen MR) is 82.3 cm³/mol. The Morgan fingerprint density at radius 3 is 2.76 bits per heavy atom. The number of aliphatic hydroxyl groups excluding tert-OH is 1. The van der Waals surface area contributed by atoms with Gasteiger partial charge in [0.05, 0.1) is 4.90 Å². The van der Waals surface area contributed by atoms with Gasteiger partial charge in [-0.15, -0.1) is 0 Å². The molecule has 5 heteroatoms. The zero-order valence-corrected chi connectivity index (χ0v) is 13.2. The normalized spacial score (nSPS) is 21.9. The molecule has 2 unspecified atom stereocenters. The number of aliphatic hydroxyl groups is 1. The standard InChI is InChI=1S/C16H21NO3S/c1-12-5-3-7-15(12)17-21(19,20)16-11-14(6-4-10-18)9-8-13(16)2/h8-9,11-12,15,17-18H,3,5,7,10H2,1-2H3. The summed E-state index contributed by atoms with van der Waals surface area (Å²) >= 11 is 0. The SMILES string of the molecule is Cc1ccc(C#CCO)cc1S(=O)(=O)NC1CCCC1C. The van der Waals surface area contributed by atoms with Gasteiger partial charge < -0.3 is 5.11 Å². The van der Waals surface area contributed by atoms with E-state index in [1.165, 1.54) is 0 Å². The van der Waals surface area contributed by atoms with Crippen molar-refractivity contribution in [3.05, 3.63) is 29.3 Å². The first kappa shape index (κ1) is 16.0. The summed E-state index contributed by atoms with van der Waals surface area (Å²) in [6.07, 6.45) is 3.02. The van der Waals surface area contributed by atoms with Crippen LogP contribution in [-0.2, 0) is 10.0 Å². The average molecular weight is 307 g/mol. The van der Waals surface area contributed by atoms with Crippen molar-refractivity contribution in [3.63, 3.8) is 0 Å². The zero-order chi connectivity index (χ0) is 15.5. The van der Waals surface area contributed by atoms with Gasteiger partial charge in [-0.3, -0.25) is 0 Å². The molecule has 2 rings (SSSR count). The summed E-state index contributed by atoms with van der Waals surface area (Å²) in [5, 5.41) is 8.73. The number of hydrogen-bond donors (Lipinski definition) is 2. The van der Waals surface area contributed by atoms with Crippen LogP contribution >= 0.6 is 0 Å². The van der Waals surface area contributed by atoms with E-state index in [0.717, 1.165) is 19.3 Å². The second-order valence-corrected chi connectivity index (χ2v) is 7.26. The van der Waals surface area contributed by atoms with Crippen molar-refractivity contribution in [2.24, 2.45) is 5.92 Å². The minimum atomic E-state index is -3.54. The molecule has 0 aliphatic heterocycles. The largest absolute Gasteiger partial charge is 0.384 e. The number of nitrogens with one attached hydrogen (secondary N) is 1. The van der Waals surface area contributed by atoms with Crippen LogP contribution in [0, 0.1) is 24.7 Å². The summed E-state index contributed by atoms with van der Waals surface area (Å²) in [5.74, 6) is 5.65. The molecule has 0 bridgehead atoms. The molecule has 1 aromatic carbocycles. The molecule has 2 N–H and O–H groups in total. The van der Waals surface area contributed by atoms with Gasteiger partial charge in [0.25, 0.3) is 0 Å². The molecule has 0 saturated heterocycles. The van der Waals surface area contributed by atoms with Crippen molar-refractivity contribution in [2.45, 2.75) is 44.0 Å². The molecule has 114 valence electrons. The maximum absolute atomic E-state index is 12.6. The Morgan fingerprint density at radius 1 is 1.38 bits per heavy atom. The van der Waals surface area contributed by atoms with Crippen LogP contribution in [-0.4, -0.2) is 26.2 Å². The van der Waals surface area contributed by atoms with E-state index in [2.05, 4.69) is 23.5 Å². The van der Waals surface area contributed by atoms with Crippen LogP contribution < -0.4 is 4.72 Å². The molecule has 0 heterocycles. The number of benzene rings is 1. The van der Waals surface area contributed by atoms with Gasteiger partial charge in [-0.1, -0.05) is 31.3 Å². The van der Waals surface area contributed by atoms with Gasteiger partial charge in [0.1, 0.15) is 6.61 Å². The molecule has 0 spiro atoms. The Bertz CT molecular complexity index is 670. The maximum atomic E-state index is 12.6. The fraction of sp³-hybridized carbons (Fsp3) is 0.500. The highest BCUT2D eigenvalue weighted by Gasteiger charge is 2.29. The van der Waals surface area contributed by atoms with Crippen LogP contribution in [0.5, 0.6) is 0 Å². The molecule has 1 aromatic rings. The Morgan fingerprint density at radius 2 is 2.14 bits per heavy atom. The Hall–Kier alpha value is -1.35. The van der Waals surface area contributed by atoms with Crippen molar-refractivity contribution >= 4 is 10.0 Å². The molecule has 0 aromatic heterocycles. The Labute approximate surface area is 126 Å². The summed E-state index contributed by atoms with van der Waals surface area (Å²) in [6, 6.07) is 5.09. The molecule has 1 aliphatic carbocycles. The van der Waals surface area contributed by atoms with E-state index >= 15 is 0 Å². The van der Waals surface area contributed by atoms with Crippen molar-refractivity contribution in [3.8, 4) is 11.8 Å². The van der Waals surface area contributed by atoms with Crippen molar-refractivity contribution in [1.29, 1.82) is 0 Å². The monoisotopic (exact) mass is 307 g/mol. The first-order valence-electron chi connectivity index (χ1n) is 7.17. The highest BCUT2D eigenvalue weighted by atomic mass is 32.2. The van der Waals surface area contributed by atoms with Crippen molar-refractivity contribution in [1.82, 2.24) is 4.72 Å². The minimum absolute atomic E-state index is 0.0154. The lowest BCUT2D eigenvalue weighted by Gasteiger charge is -2.18. The van der Waals surface area contributed by atoms with E-state index in [9.17, 15) is 8.42 Å². The first-order chi connectivity index (χ1) is 9.94. The lowest BCUT2D eigenvalue weighted by atomic mass is 10.1. The number of aryl methyl sites for hydroxylation is 1. The fourth-order valence-electron chi connectivity index (χ4n) is 2.69. The van der Waals surface area contributed by atoms with Gasteiger partial charge in [0, 0.05) is 11.6 Å². The molecule has 1 fully saturated rings. The van der Waals surface area contributed by atoms with Gasteiger partial charge in [0.2, 0.25) is 10.0 Å². The van der Waals surface area contributed by atoms with Gasteiger partial charge in [-0.25, -0.2) is 13.1 Å². The molecule has 21 heavy (non-hydrogen) atoms. The second-order valence-electron chi connectivity index (χ2n) is 5.58. The van der Waals surface area contributed by atoms with E-state index in [1.54, 1.807) is 25.1 Å². The zero-order valence-electron chi connectivity index (χ0n) is 12.4. The van der Waals surface area contributed by atoms with E-state index in [0.29, 0.717) is 17.0 Å². The Balaban J connectivity index is 2.30. The highest BCUT2D eigenvalue weighted by molar-refractivity contribution is 7.89. The molecular formula is C16H21NO3S. The Kier molecular flexibility index (Phi) is 5.04. The van der Waals surface area contributed by atoms with Gasteiger partial charge in [-0.05, 0) is 43.4 Å². The quantitative estimate of drug-likeness (QED) is 0.837. The maximum Gasteiger partial charge on any atom is 0.241 e. The average Bonchev–Trinajstić information content (AvgIpc) is 2.82. The van der Waals surface area contributed by atoms with Crippen LogP contribution in [0.4, 0.5) is 0 Å². The van der Waals surface area contributed by atoms with Gasteiger partial charge in [-0.2, -0.15) is 0 Å². The molecule has 0 radical (unpaired) electrons. The predicted octanol–water partition coefficient (Wildman–Crippen LogP) is 1.81. The molecular weight excluding hydrogens is 286 g/mol. The van der Waals surface area contributed by atoms with E-state index in [4.69, 9.17) is 5.11 Å². The third-order valence-electron chi connectivity index (χ3n) is 3.96. The summed E-state index contributed by atoms with van der Waals surface area (Å²) < 4.78 is 28.0. The molecule has 0 amide bonds. The summed E-state index contributed by atoms with van der Waals surface area (Å²) in [5.41, 5.74) is 1.29. The fourth-order valence-corrected chi connectivity index (χ4v) is 4.34. The number of rotatable bonds is 3. The summed E-state index contributed by atoms with van der Waals surface area (Å²) in [4.78, 5) is 0.270. The number of hydrogen-bond acceptors (Lipinski definition) is 3. The molecule has 1 aliphatic rings. The van der Waals surface area contributed by atoms with Crippen LogP contribution in [0.15, 0.2) is 23.1 Å². The summed E-state index contributed by atoms with van der Waals surface area (Å²) in [7, 11) is -3.54.